The first kappa shape index (κ1) is 20.4. The highest BCUT2D eigenvalue weighted by molar-refractivity contribution is 5.93. The van der Waals surface area contributed by atoms with Gasteiger partial charge in [0.05, 0.1) is 5.97 Å². The van der Waals surface area contributed by atoms with Crippen LogP contribution in [0.3, 0.4) is 0 Å². The maximum Gasteiger partial charge on any atom is 0.0721 e. The number of carbonyl (C=O) groups is 1. The third-order valence-electron chi connectivity index (χ3n) is 8.30. The highest BCUT2D eigenvalue weighted by atomic mass is 16.4. The number of hydrogen-bond donors (Lipinski definition) is 0. The van der Waals surface area contributed by atoms with Gasteiger partial charge in [-0.25, -0.2) is 0 Å². The van der Waals surface area contributed by atoms with Gasteiger partial charge in [-0.1, -0.05) is 61.5 Å². The topological polar surface area (TPSA) is 40.1 Å². The van der Waals surface area contributed by atoms with Crippen LogP contribution < -0.4 is 5.11 Å². The van der Waals surface area contributed by atoms with Gasteiger partial charge in [0.1, 0.15) is 0 Å². The van der Waals surface area contributed by atoms with Crippen LogP contribution >= 0.6 is 0 Å². The summed E-state index contributed by atoms with van der Waals surface area (Å²) in [5.41, 5.74) is 5.18. The van der Waals surface area contributed by atoms with E-state index in [4.69, 9.17) is 0 Å². The summed E-state index contributed by atoms with van der Waals surface area (Å²) in [7, 11) is 0. The van der Waals surface area contributed by atoms with Crippen molar-refractivity contribution in [2.75, 3.05) is 0 Å². The lowest BCUT2D eigenvalue weighted by Gasteiger charge is -2.32. The van der Waals surface area contributed by atoms with Gasteiger partial charge in [-0.3, -0.25) is 0 Å². The van der Waals surface area contributed by atoms with Crippen molar-refractivity contribution in [3.8, 4) is 0 Å². The van der Waals surface area contributed by atoms with Crippen LogP contribution in [0.2, 0.25) is 0 Å². The summed E-state index contributed by atoms with van der Waals surface area (Å²) < 4.78 is 0. The molecule has 0 aromatic heterocycles. The fourth-order valence-electron chi connectivity index (χ4n) is 6.95. The molecule has 0 unspecified atom stereocenters. The van der Waals surface area contributed by atoms with Crippen molar-refractivity contribution in [2.45, 2.75) is 116 Å². The lowest BCUT2D eigenvalue weighted by Crippen LogP contribution is -2.31. The molecule has 2 aliphatic rings. The summed E-state index contributed by atoms with van der Waals surface area (Å²) >= 11 is 0. The minimum absolute atomic E-state index is 0.0814. The van der Waals surface area contributed by atoms with Crippen molar-refractivity contribution in [2.24, 2.45) is 0 Å². The summed E-state index contributed by atoms with van der Waals surface area (Å²) in [5.74, 6) is -0.977. The van der Waals surface area contributed by atoms with Crippen LogP contribution in [0.15, 0.2) is 6.07 Å². The third-order valence-corrected chi connectivity index (χ3v) is 8.30. The normalized spacial score (nSPS) is 23.1. The van der Waals surface area contributed by atoms with Crippen LogP contribution in [0.25, 0.3) is 0 Å². The van der Waals surface area contributed by atoms with Gasteiger partial charge in [0.15, 0.2) is 0 Å². The first-order chi connectivity index (χ1) is 12.4. The van der Waals surface area contributed by atoms with Crippen molar-refractivity contribution in [1.29, 1.82) is 0 Å². The second-order valence-electron chi connectivity index (χ2n) is 10.5. The molecule has 0 atom stereocenters. The summed E-state index contributed by atoms with van der Waals surface area (Å²) in [5, 5.41) is 12.6. The van der Waals surface area contributed by atoms with E-state index in [0.717, 1.165) is 49.7 Å². The molecule has 0 amide bonds. The Labute approximate surface area is 165 Å². The Hall–Kier alpha value is -1.31. The monoisotopic (exact) mass is 369 g/mol. The third kappa shape index (κ3) is 2.54. The Kier molecular flexibility index (Phi) is 4.61. The van der Waals surface area contributed by atoms with Crippen LogP contribution in [0.4, 0.5) is 0 Å². The zero-order valence-corrected chi connectivity index (χ0v) is 18.6. The molecule has 0 fully saturated rings. The molecule has 1 aromatic rings. The van der Waals surface area contributed by atoms with Gasteiger partial charge in [-0.2, -0.15) is 0 Å². The first-order valence-electron chi connectivity index (χ1n) is 10.9. The molecule has 0 heterocycles. The number of benzene rings is 1. The summed E-state index contributed by atoms with van der Waals surface area (Å²) in [6.45, 7) is 18.0. The second kappa shape index (κ2) is 6.09. The molecule has 0 bridgehead atoms. The van der Waals surface area contributed by atoms with E-state index in [0.29, 0.717) is 5.56 Å². The van der Waals surface area contributed by atoms with Crippen molar-refractivity contribution in [1.82, 2.24) is 0 Å². The molecule has 0 saturated carbocycles. The predicted molar refractivity (Wildman–Crippen MR) is 111 cm³/mol. The number of aromatic carboxylic acids is 1. The van der Waals surface area contributed by atoms with Crippen LogP contribution in [-0.2, 0) is 21.7 Å². The smallest absolute Gasteiger partial charge is 0.0721 e. The molecule has 27 heavy (non-hydrogen) atoms. The Morgan fingerprint density at radius 2 is 1.15 bits per heavy atom. The Bertz CT molecular complexity index is 718. The predicted octanol–water partition coefficient (Wildman–Crippen LogP) is 5.53. The van der Waals surface area contributed by atoms with Crippen molar-refractivity contribution >= 4 is 5.97 Å². The van der Waals surface area contributed by atoms with Gasteiger partial charge in [0, 0.05) is 5.56 Å². The summed E-state index contributed by atoms with van der Waals surface area (Å²) in [6.07, 6.45) is 6.27. The minimum Gasteiger partial charge on any atom is -0.545 e. The van der Waals surface area contributed by atoms with E-state index in [9.17, 15) is 9.90 Å². The van der Waals surface area contributed by atoms with E-state index in [1.165, 1.54) is 11.1 Å². The number of carboxylic acids is 1. The van der Waals surface area contributed by atoms with Crippen molar-refractivity contribution in [3.05, 3.63) is 33.9 Å². The van der Waals surface area contributed by atoms with E-state index in [1.807, 2.05) is 0 Å². The number of carbonyl (C=O) groups excluding carboxylic acids is 1. The van der Waals surface area contributed by atoms with Crippen molar-refractivity contribution < 1.29 is 9.90 Å². The van der Waals surface area contributed by atoms with Gasteiger partial charge >= 0.3 is 0 Å². The molecule has 0 radical (unpaired) electrons. The van der Waals surface area contributed by atoms with Crippen molar-refractivity contribution in [3.63, 3.8) is 0 Å². The average Bonchev–Trinajstić information content (AvgIpc) is 2.99. The molecule has 150 valence electrons. The van der Waals surface area contributed by atoms with E-state index in [-0.39, 0.29) is 21.7 Å². The van der Waals surface area contributed by atoms with Crippen LogP contribution in [0, 0.1) is 0 Å². The van der Waals surface area contributed by atoms with E-state index in [2.05, 4.69) is 61.5 Å². The summed E-state index contributed by atoms with van der Waals surface area (Å²) in [4.78, 5) is 12.6. The van der Waals surface area contributed by atoms with E-state index < -0.39 is 5.97 Å². The second-order valence-corrected chi connectivity index (χ2v) is 10.5. The van der Waals surface area contributed by atoms with Crippen LogP contribution in [-0.4, -0.2) is 5.97 Å². The average molecular weight is 370 g/mol. The zero-order chi connectivity index (χ0) is 20.4. The molecular formula is C25H37O2-. The molecule has 2 heteroatoms. The first-order valence-corrected chi connectivity index (χ1v) is 10.9. The molecular weight excluding hydrogens is 332 g/mol. The molecule has 0 spiro atoms. The highest BCUT2D eigenvalue weighted by Gasteiger charge is 2.53. The van der Waals surface area contributed by atoms with Gasteiger partial charge in [0.25, 0.3) is 0 Å². The SMILES string of the molecule is CCC1(CC)CC(C)(C)c2c1cc1c(c2C(=O)[O-])C(C)(C)CC1(CC)CC. The van der Waals surface area contributed by atoms with Crippen LogP contribution in [0.5, 0.6) is 0 Å². The lowest BCUT2D eigenvalue weighted by molar-refractivity contribution is -0.255. The fourth-order valence-corrected chi connectivity index (χ4v) is 6.95. The van der Waals surface area contributed by atoms with E-state index in [1.54, 1.807) is 0 Å². The number of rotatable bonds is 5. The molecule has 0 N–H and O–H groups in total. The maximum atomic E-state index is 12.6. The fraction of sp³-hybridized carbons (Fsp3) is 0.720. The zero-order valence-electron chi connectivity index (χ0n) is 18.6. The Morgan fingerprint density at radius 3 is 1.41 bits per heavy atom. The summed E-state index contributed by atoms with van der Waals surface area (Å²) in [6, 6.07) is 2.45. The Balaban J connectivity index is 2.51. The molecule has 0 aliphatic heterocycles. The van der Waals surface area contributed by atoms with Gasteiger partial charge in [-0.05, 0) is 82.4 Å². The Morgan fingerprint density at radius 1 is 0.815 bits per heavy atom. The molecule has 0 saturated heterocycles. The van der Waals surface area contributed by atoms with E-state index >= 15 is 0 Å². The highest BCUT2D eigenvalue weighted by Crippen LogP contribution is 2.61. The number of fused-ring (bicyclic) bond motifs is 2. The standard InChI is InChI=1S/C25H38O2/c1-9-24(10-2)14-22(5,6)19-16(24)13-17-20(18(19)21(26)27)23(7,8)15-25(17,11-3)12-4/h13H,9-12,14-15H2,1-8H3,(H,26,27)/p-1. The maximum absolute atomic E-state index is 12.6. The largest absolute Gasteiger partial charge is 0.545 e. The quantitative estimate of drug-likeness (QED) is 0.685. The number of hydrogen-bond acceptors (Lipinski definition) is 2. The van der Waals surface area contributed by atoms with Gasteiger partial charge in [-0.15, -0.1) is 0 Å². The minimum atomic E-state index is -0.977. The van der Waals surface area contributed by atoms with Gasteiger partial charge < -0.3 is 9.90 Å². The molecule has 3 rings (SSSR count). The molecule has 2 aliphatic carbocycles. The molecule has 2 nitrogen and oxygen atoms in total. The van der Waals surface area contributed by atoms with Crippen LogP contribution in [0.1, 0.15) is 127 Å². The number of carboxylic acid groups (broad SMARTS) is 1. The lowest BCUT2D eigenvalue weighted by atomic mass is 9.72. The van der Waals surface area contributed by atoms with Gasteiger partial charge in [0.2, 0.25) is 0 Å². The molecule has 1 aromatic carbocycles.